The molecule has 17 atom stereocenters. The molecule has 3 aliphatic heterocycles. The van der Waals surface area contributed by atoms with Crippen molar-refractivity contribution in [2.45, 2.75) is 388 Å². The van der Waals surface area contributed by atoms with Crippen LogP contribution in [0.2, 0.25) is 0 Å². The van der Waals surface area contributed by atoms with Gasteiger partial charge in [-0.2, -0.15) is 0 Å². The van der Waals surface area contributed by atoms with E-state index < -0.39 is 124 Å². The second kappa shape index (κ2) is 58.7. The van der Waals surface area contributed by atoms with E-state index in [0.29, 0.717) is 6.42 Å². The van der Waals surface area contributed by atoms with Crippen molar-refractivity contribution in [1.82, 2.24) is 5.32 Å². The minimum Gasteiger partial charge on any atom is -0.394 e. The summed E-state index contributed by atoms with van der Waals surface area (Å²) in [5.74, 6) is -0.286. The summed E-state index contributed by atoms with van der Waals surface area (Å²) in [5, 5.41) is 121. The minimum atomic E-state index is -1.98. The number of nitrogens with one attached hydrogen (secondary N) is 1. The van der Waals surface area contributed by atoms with Crippen LogP contribution >= 0.6 is 0 Å². The molecule has 3 fully saturated rings. The Bertz CT molecular complexity index is 2040. The fraction of sp³-hybridized carbons (Fsp3) is 0.833. The highest BCUT2D eigenvalue weighted by molar-refractivity contribution is 5.76. The molecule has 97 heavy (non-hydrogen) atoms. The van der Waals surface area contributed by atoms with Crippen LogP contribution < -0.4 is 5.32 Å². The van der Waals surface area contributed by atoms with Gasteiger partial charge in [0.05, 0.1) is 38.6 Å². The molecule has 3 heterocycles. The molecule has 17 unspecified atom stereocenters. The lowest BCUT2D eigenvalue weighted by atomic mass is 9.96. The molecular weight excluding hydrogens is 1240 g/mol. The third kappa shape index (κ3) is 39.5. The van der Waals surface area contributed by atoms with Crippen molar-refractivity contribution in [3.8, 4) is 0 Å². The molecule has 1 amide bonds. The van der Waals surface area contributed by atoms with Crippen molar-refractivity contribution >= 4 is 5.91 Å². The third-order valence-electron chi connectivity index (χ3n) is 19.0. The smallest absolute Gasteiger partial charge is 0.220 e. The van der Waals surface area contributed by atoms with Crippen molar-refractivity contribution in [3.63, 3.8) is 0 Å². The Hall–Kier alpha value is -2.77. The molecule has 0 saturated carbocycles. The van der Waals surface area contributed by atoms with Crippen molar-refractivity contribution in [3.05, 3.63) is 72.9 Å². The monoisotopic (exact) mass is 1380 g/mol. The molecule has 19 heteroatoms. The summed E-state index contributed by atoms with van der Waals surface area (Å²) in [5.41, 5.74) is 0. The first-order valence-electron chi connectivity index (χ1n) is 38.7. The molecule has 0 aliphatic carbocycles. The highest BCUT2D eigenvalue weighted by Crippen LogP contribution is 2.33. The SMILES string of the molecule is CC/C=C\C/C=C\C/C=C\C/C=C\C/C=C\CCCCCCCCCC(=O)NC(COC1OC(CO)C(OC2OC(CO)C(OC3OC(CO)C(O)C(O)C3O)C(O)C2O)C(O)C1O)C(O)/C=C/CCCCCCCCCCCCCCCCCCCCCCCCCCCCC. The zero-order chi connectivity index (χ0) is 70.4. The Morgan fingerprint density at radius 2 is 0.711 bits per heavy atom. The lowest BCUT2D eigenvalue weighted by Crippen LogP contribution is -2.66. The van der Waals surface area contributed by atoms with Gasteiger partial charge in [-0.25, -0.2) is 0 Å². The summed E-state index contributed by atoms with van der Waals surface area (Å²) in [7, 11) is 0. The van der Waals surface area contributed by atoms with E-state index in [1.165, 1.54) is 154 Å². The van der Waals surface area contributed by atoms with Crippen LogP contribution in [-0.2, 0) is 33.2 Å². The van der Waals surface area contributed by atoms with Crippen LogP contribution in [0.25, 0.3) is 0 Å². The number of ether oxygens (including phenoxy) is 6. The van der Waals surface area contributed by atoms with Gasteiger partial charge in [0.15, 0.2) is 18.9 Å². The summed E-state index contributed by atoms with van der Waals surface area (Å²) in [4.78, 5) is 13.5. The number of carbonyl (C=O) groups is 1. The van der Waals surface area contributed by atoms with E-state index in [9.17, 15) is 61.0 Å². The summed E-state index contributed by atoms with van der Waals surface area (Å²) < 4.78 is 34.4. The Labute approximate surface area is 585 Å². The van der Waals surface area contributed by atoms with E-state index in [1.807, 2.05) is 6.08 Å². The number of aliphatic hydroxyl groups excluding tert-OH is 11. The number of allylic oxidation sites excluding steroid dienone is 11. The molecule has 0 radical (unpaired) electrons. The van der Waals surface area contributed by atoms with Gasteiger partial charge in [-0.15, -0.1) is 0 Å². The largest absolute Gasteiger partial charge is 0.394 e. The highest BCUT2D eigenvalue weighted by atomic mass is 16.8. The Balaban J connectivity index is 1.40. The van der Waals surface area contributed by atoms with Crippen LogP contribution in [0.3, 0.4) is 0 Å². The summed E-state index contributed by atoms with van der Waals surface area (Å²) >= 11 is 0. The van der Waals surface area contributed by atoms with E-state index in [4.69, 9.17) is 28.4 Å². The molecule has 564 valence electrons. The van der Waals surface area contributed by atoms with E-state index in [1.54, 1.807) is 6.08 Å². The van der Waals surface area contributed by atoms with Gasteiger partial charge in [-0.05, 0) is 64.2 Å². The van der Waals surface area contributed by atoms with Crippen molar-refractivity contribution in [2.24, 2.45) is 0 Å². The predicted molar refractivity (Wildman–Crippen MR) is 383 cm³/mol. The second-order valence-electron chi connectivity index (χ2n) is 27.4. The molecule has 0 aromatic heterocycles. The number of hydrogen-bond donors (Lipinski definition) is 12. The van der Waals surface area contributed by atoms with Gasteiger partial charge in [-0.3, -0.25) is 4.79 Å². The molecule has 0 bridgehead atoms. The van der Waals surface area contributed by atoms with Crippen LogP contribution in [0, 0.1) is 0 Å². The summed E-state index contributed by atoms with van der Waals surface area (Å²) in [6.07, 6.45) is 48.8. The molecule has 19 nitrogen and oxygen atoms in total. The molecule has 3 aliphatic rings. The fourth-order valence-electron chi connectivity index (χ4n) is 12.8. The van der Waals surface area contributed by atoms with Crippen LogP contribution in [-0.4, -0.2) is 193 Å². The van der Waals surface area contributed by atoms with Crippen LogP contribution in [0.4, 0.5) is 0 Å². The average molecular weight is 1380 g/mol. The Morgan fingerprint density at radius 1 is 0.381 bits per heavy atom. The number of amides is 1. The average Bonchev–Trinajstić information content (AvgIpc) is 0.826. The predicted octanol–water partition coefficient (Wildman–Crippen LogP) is 12.1. The van der Waals surface area contributed by atoms with Crippen LogP contribution in [0.15, 0.2) is 72.9 Å². The van der Waals surface area contributed by atoms with E-state index in [0.717, 1.165) is 103 Å². The highest BCUT2D eigenvalue weighted by Gasteiger charge is 2.53. The van der Waals surface area contributed by atoms with Gasteiger partial charge in [-0.1, -0.05) is 286 Å². The first-order valence-corrected chi connectivity index (χ1v) is 38.7. The topological polar surface area (TPSA) is 307 Å². The third-order valence-corrected chi connectivity index (χ3v) is 19.0. The van der Waals surface area contributed by atoms with Crippen molar-refractivity contribution in [2.75, 3.05) is 26.4 Å². The fourth-order valence-corrected chi connectivity index (χ4v) is 12.8. The maximum Gasteiger partial charge on any atom is 0.220 e. The van der Waals surface area contributed by atoms with E-state index in [2.05, 4.69) is 79.9 Å². The molecule has 0 spiro atoms. The molecule has 12 N–H and O–H groups in total. The van der Waals surface area contributed by atoms with Crippen LogP contribution in [0.5, 0.6) is 0 Å². The van der Waals surface area contributed by atoms with Crippen molar-refractivity contribution in [1.29, 1.82) is 0 Å². The quantitative estimate of drug-likeness (QED) is 0.0199. The Kier molecular flexibility index (Phi) is 53.5. The lowest BCUT2D eigenvalue weighted by molar-refractivity contribution is -0.379. The standard InChI is InChI=1S/C78H139NO18/c1-3-5-7-9-11-13-15-17-19-21-23-25-27-28-29-30-31-32-34-35-37-39-41-43-45-47-49-51-53-55-62(83)61(79-66(84)56-54-52-50-48-46-44-42-40-38-36-33-26-24-22-20-18-16-14-12-10-8-6-4-2)60-92-76-72(90)69(87)74(64(58-81)94-76)97-78-73(91)70(88)75(65(59-82)95-78)96-77-71(89)68(86)67(85)63(57-80)93-77/h6,8,12,14,18,20,24,26,36,38,53,55,61-65,67-78,80-83,85-91H,3-5,7,9-11,13,15-17,19,21-23,25,27-35,37,39-52,54,56-60H2,1-2H3,(H,79,84)/b8-6-,14-12-,20-18-,26-24-,38-36-,55-53+. The van der Waals surface area contributed by atoms with Gasteiger partial charge in [0.25, 0.3) is 0 Å². The normalized spacial score (nSPS) is 27.3. The first-order chi connectivity index (χ1) is 47.3. The second-order valence-corrected chi connectivity index (χ2v) is 27.4. The minimum absolute atomic E-state index is 0.227. The maximum atomic E-state index is 13.5. The molecular formula is C78H139NO18. The lowest BCUT2D eigenvalue weighted by Gasteiger charge is -2.48. The molecule has 0 aromatic carbocycles. The van der Waals surface area contributed by atoms with E-state index >= 15 is 0 Å². The number of rotatable bonds is 60. The summed E-state index contributed by atoms with van der Waals surface area (Å²) in [6.45, 7) is 1.64. The van der Waals surface area contributed by atoms with Crippen LogP contribution in [0.1, 0.15) is 284 Å². The van der Waals surface area contributed by atoms with Gasteiger partial charge in [0.1, 0.15) is 73.2 Å². The number of aliphatic hydroxyl groups is 11. The number of unbranched alkanes of at least 4 members (excludes halogenated alkanes) is 34. The van der Waals surface area contributed by atoms with Gasteiger partial charge < -0.3 is 89.9 Å². The van der Waals surface area contributed by atoms with E-state index in [-0.39, 0.29) is 18.9 Å². The summed E-state index contributed by atoms with van der Waals surface area (Å²) in [6, 6.07) is -0.985. The zero-order valence-corrected chi connectivity index (χ0v) is 60.0. The van der Waals surface area contributed by atoms with Crippen molar-refractivity contribution < 1.29 is 89.4 Å². The molecule has 3 saturated heterocycles. The van der Waals surface area contributed by atoms with Gasteiger partial charge in [0, 0.05) is 6.42 Å². The number of hydrogen-bond acceptors (Lipinski definition) is 18. The Morgan fingerprint density at radius 3 is 1.11 bits per heavy atom. The molecule has 0 aromatic rings. The maximum absolute atomic E-state index is 13.5. The zero-order valence-electron chi connectivity index (χ0n) is 60.0. The molecule has 3 rings (SSSR count). The van der Waals surface area contributed by atoms with Gasteiger partial charge in [0.2, 0.25) is 5.91 Å². The van der Waals surface area contributed by atoms with Gasteiger partial charge >= 0.3 is 0 Å². The number of carbonyl (C=O) groups excluding carboxylic acids is 1. The first kappa shape index (κ1) is 88.4.